The van der Waals surface area contributed by atoms with E-state index in [1.54, 1.807) is 0 Å². The van der Waals surface area contributed by atoms with Crippen molar-refractivity contribution in [3.8, 4) is 0 Å². The fourth-order valence-corrected chi connectivity index (χ4v) is 1.53. The molecule has 1 N–H and O–H groups in total. The summed E-state index contributed by atoms with van der Waals surface area (Å²) in [6.45, 7) is -0.677. The van der Waals surface area contributed by atoms with Crippen LogP contribution < -0.4 is 5.76 Å². The van der Waals surface area contributed by atoms with E-state index in [4.69, 9.17) is 16.7 Å². The Balaban J connectivity index is 2.81. The van der Waals surface area contributed by atoms with Gasteiger partial charge in [0, 0.05) is 0 Å². The lowest BCUT2D eigenvalue weighted by atomic mass is 10.3. The van der Waals surface area contributed by atoms with Crippen LogP contribution in [-0.2, 0) is 11.3 Å². The Morgan fingerprint density at radius 1 is 1.56 bits per heavy atom. The van der Waals surface area contributed by atoms with Gasteiger partial charge < -0.3 is 9.52 Å². The van der Waals surface area contributed by atoms with Crippen LogP contribution in [0.15, 0.2) is 21.3 Å². The maximum atomic E-state index is 13.6. The lowest BCUT2D eigenvalue weighted by Gasteiger charge is -1.99. The van der Waals surface area contributed by atoms with E-state index in [9.17, 15) is 14.0 Å². The fourth-order valence-electron chi connectivity index (χ4n) is 1.38. The minimum absolute atomic E-state index is 0.0341. The number of fused-ring (bicyclic) bond motifs is 1. The van der Waals surface area contributed by atoms with Gasteiger partial charge in [-0.15, -0.1) is 0 Å². The Labute approximate surface area is 92.7 Å². The monoisotopic (exact) mass is 245 g/mol. The maximum Gasteiger partial charge on any atom is 0.420 e. The average Bonchev–Trinajstić information content (AvgIpc) is 2.50. The Hall–Kier alpha value is -1.82. The third-order valence-corrected chi connectivity index (χ3v) is 2.30. The Kier molecular flexibility index (Phi) is 2.43. The van der Waals surface area contributed by atoms with Gasteiger partial charge in [0.2, 0.25) is 0 Å². The van der Waals surface area contributed by atoms with Gasteiger partial charge in [0.1, 0.15) is 12.1 Å². The molecule has 0 aliphatic rings. The van der Waals surface area contributed by atoms with Gasteiger partial charge in [-0.3, -0.25) is 9.36 Å². The Bertz CT molecular complexity index is 630. The van der Waals surface area contributed by atoms with Gasteiger partial charge in [-0.05, 0) is 12.1 Å². The molecule has 5 nitrogen and oxygen atoms in total. The number of benzene rings is 1. The van der Waals surface area contributed by atoms with Crippen LogP contribution in [-0.4, -0.2) is 15.6 Å². The molecule has 0 aliphatic carbocycles. The molecule has 0 atom stereocenters. The molecule has 0 saturated heterocycles. The number of carboxylic acids is 1. The molecule has 2 rings (SSSR count). The first-order valence-corrected chi connectivity index (χ1v) is 4.57. The molecular formula is C9H5ClFNO4. The molecular weight excluding hydrogens is 241 g/mol. The minimum atomic E-state index is -1.27. The van der Waals surface area contributed by atoms with E-state index in [0.29, 0.717) is 4.57 Å². The molecule has 0 unspecified atom stereocenters. The molecule has 2 aromatic rings. The van der Waals surface area contributed by atoms with Crippen molar-refractivity contribution in [2.45, 2.75) is 6.54 Å². The number of hydrogen-bond donors (Lipinski definition) is 1. The number of nitrogens with zero attached hydrogens (tertiary/aromatic N) is 1. The highest BCUT2D eigenvalue weighted by atomic mass is 35.5. The van der Waals surface area contributed by atoms with Crippen molar-refractivity contribution in [3.05, 3.63) is 33.5 Å². The van der Waals surface area contributed by atoms with Gasteiger partial charge in [0.05, 0.1) is 5.02 Å². The summed E-state index contributed by atoms with van der Waals surface area (Å²) in [7, 11) is 0. The molecule has 0 fully saturated rings. The van der Waals surface area contributed by atoms with Crippen molar-refractivity contribution in [2.75, 3.05) is 0 Å². The fraction of sp³-hybridized carbons (Fsp3) is 0.111. The van der Waals surface area contributed by atoms with Crippen LogP contribution in [0.2, 0.25) is 5.02 Å². The predicted molar refractivity (Wildman–Crippen MR) is 53.1 cm³/mol. The van der Waals surface area contributed by atoms with Crippen molar-refractivity contribution in [2.24, 2.45) is 0 Å². The second-order valence-corrected chi connectivity index (χ2v) is 3.46. The number of carboxylic acid groups (broad SMARTS) is 1. The second kappa shape index (κ2) is 3.64. The van der Waals surface area contributed by atoms with Gasteiger partial charge >= 0.3 is 11.7 Å². The van der Waals surface area contributed by atoms with E-state index in [2.05, 4.69) is 4.42 Å². The molecule has 7 heteroatoms. The summed E-state index contributed by atoms with van der Waals surface area (Å²) in [6, 6.07) is 2.54. The van der Waals surface area contributed by atoms with E-state index in [1.807, 2.05) is 0 Å². The third kappa shape index (κ3) is 1.57. The van der Waals surface area contributed by atoms with Crippen LogP contribution in [0.1, 0.15) is 0 Å². The van der Waals surface area contributed by atoms with Crippen molar-refractivity contribution in [1.82, 2.24) is 4.57 Å². The summed E-state index contributed by atoms with van der Waals surface area (Å²) < 4.78 is 18.9. The highest BCUT2D eigenvalue weighted by Gasteiger charge is 2.17. The van der Waals surface area contributed by atoms with Crippen LogP contribution in [0.5, 0.6) is 0 Å². The summed E-state index contributed by atoms with van der Waals surface area (Å²) in [5.41, 5.74) is -0.270. The average molecular weight is 246 g/mol. The highest BCUT2D eigenvalue weighted by Crippen LogP contribution is 2.23. The van der Waals surface area contributed by atoms with Gasteiger partial charge in [-0.25, -0.2) is 9.18 Å². The lowest BCUT2D eigenvalue weighted by molar-refractivity contribution is -0.137. The number of aromatic nitrogens is 1. The molecule has 0 saturated carbocycles. The molecule has 16 heavy (non-hydrogen) atoms. The maximum absolute atomic E-state index is 13.6. The Morgan fingerprint density at radius 3 is 2.88 bits per heavy atom. The molecule has 1 aromatic heterocycles. The number of aliphatic carboxylic acids is 1. The van der Waals surface area contributed by atoms with Crippen molar-refractivity contribution < 1.29 is 18.7 Å². The van der Waals surface area contributed by atoms with Gasteiger partial charge in [0.25, 0.3) is 0 Å². The number of carbonyl (C=O) groups is 1. The zero-order valence-electron chi connectivity index (χ0n) is 7.74. The van der Waals surface area contributed by atoms with Crippen molar-refractivity contribution >= 4 is 28.7 Å². The Morgan fingerprint density at radius 2 is 2.25 bits per heavy atom. The minimum Gasteiger partial charge on any atom is -0.480 e. The van der Waals surface area contributed by atoms with Crippen LogP contribution in [0.25, 0.3) is 11.1 Å². The van der Waals surface area contributed by atoms with E-state index < -0.39 is 24.1 Å². The largest absolute Gasteiger partial charge is 0.480 e. The first-order valence-electron chi connectivity index (χ1n) is 4.20. The van der Waals surface area contributed by atoms with Crippen molar-refractivity contribution in [3.63, 3.8) is 0 Å². The summed E-state index contributed by atoms with van der Waals surface area (Å²) in [6.07, 6.45) is 0. The molecule has 1 heterocycles. The SMILES string of the molecule is O=C(O)Cn1c(=O)oc2ccc(Cl)c(F)c21. The second-order valence-electron chi connectivity index (χ2n) is 3.06. The molecule has 1 aromatic carbocycles. The molecule has 0 spiro atoms. The quantitative estimate of drug-likeness (QED) is 0.870. The number of halogens is 2. The zero-order valence-corrected chi connectivity index (χ0v) is 8.49. The molecule has 0 amide bonds. The molecule has 84 valence electrons. The van der Waals surface area contributed by atoms with Gasteiger partial charge in [-0.2, -0.15) is 0 Å². The zero-order chi connectivity index (χ0) is 11.9. The normalized spacial score (nSPS) is 10.9. The van der Waals surface area contributed by atoms with Gasteiger partial charge in [-0.1, -0.05) is 11.6 Å². The number of oxazole rings is 1. The van der Waals surface area contributed by atoms with Crippen LogP contribution in [0.3, 0.4) is 0 Å². The van der Waals surface area contributed by atoms with E-state index in [1.165, 1.54) is 12.1 Å². The summed E-state index contributed by atoms with van der Waals surface area (Å²) in [5.74, 6) is -3.07. The van der Waals surface area contributed by atoms with E-state index in [-0.39, 0.29) is 16.1 Å². The van der Waals surface area contributed by atoms with E-state index in [0.717, 1.165) is 0 Å². The first-order chi connectivity index (χ1) is 7.50. The highest BCUT2D eigenvalue weighted by molar-refractivity contribution is 6.31. The van der Waals surface area contributed by atoms with Crippen LogP contribution >= 0.6 is 11.6 Å². The standard InChI is InChI=1S/C9H5ClFNO4/c10-4-1-2-5-8(7(4)11)12(3-6(13)14)9(15)16-5/h1-2H,3H2,(H,13,14). The van der Waals surface area contributed by atoms with Crippen LogP contribution in [0, 0.1) is 5.82 Å². The van der Waals surface area contributed by atoms with Crippen LogP contribution in [0.4, 0.5) is 4.39 Å². The predicted octanol–water partition coefficient (Wildman–Crippen LogP) is 1.47. The number of hydrogen-bond acceptors (Lipinski definition) is 3. The lowest BCUT2D eigenvalue weighted by Crippen LogP contribution is -2.20. The topological polar surface area (TPSA) is 72.4 Å². The molecule has 0 bridgehead atoms. The van der Waals surface area contributed by atoms with Crippen molar-refractivity contribution in [1.29, 1.82) is 0 Å². The summed E-state index contributed by atoms with van der Waals surface area (Å²) in [5, 5.41) is 8.37. The summed E-state index contributed by atoms with van der Waals surface area (Å²) >= 11 is 5.53. The number of rotatable bonds is 2. The first kappa shape index (κ1) is 10.7. The summed E-state index contributed by atoms with van der Waals surface area (Å²) in [4.78, 5) is 21.8. The smallest absolute Gasteiger partial charge is 0.420 e. The van der Waals surface area contributed by atoms with Gasteiger partial charge in [0.15, 0.2) is 11.4 Å². The molecule has 0 aliphatic heterocycles. The van der Waals surface area contributed by atoms with E-state index >= 15 is 0 Å². The molecule has 0 radical (unpaired) electrons. The third-order valence-electron chi connectivity index (χ3n) is 2.01.